The summed E-state index contributed by atoms with van der Waals surface area (Å²) in [6, 6.07) is 0. The van der Waals surface area contributed by atoms with E-state index in [-0.39, 0.29) is 12.5 Å². The Bertz CT molecular complexity index is 324. The fourth-order valence-corrected chi connectivity index (χ4v) is 2.53. The van der Waals surface area contributed by atoms with Gasteiger partial charge in [-0.15, -0.1) is 0 Å². The Morgan fingerprint density at radius 1 is 0.958 bits per heavy atom. The zero-order chi connectivity index (χ0) is 18.0. The third-order valence-corrected chi connectivity index (χ3v) is 3.81. The summed E-state index contributed by atoms with van der Waals surface area (Å²) in [5.74, 6) is -0.908. The van der Waals surface area contributed by atoms with Crippen LogP contribution >= 0.6 is 0 Å². The van der Waals surface area contributed by atoms with Crippen LogP contribution in [0.5, 0.6) is 0 Å². The molecule has 0 rings (SSSR count). The monoisotopic (exact) mass is 344 g/mol. The summed E-state index contributed by atoms with van der Waals surface area (Å²) in [7, 11) is 0. The van der Waals surface area contributed by atoms with Crippen molar-refractivity contribution < 1.29 is 19.5 Å². The topological polar surface area (TPSA) is 78.9 Å². The summed E-state index contributed by atoms with van der Waals surface area (Å²) in [6.07, 6.45) is 11.7. The second-order valence-electron chi connectivity index (χ2n) is 6.10. The van der Waals surface area contributed by atoms with Crippen molar-refractivity contribution in [3.05, 3.63) is 0 Å². The molecule has 0 saturated carbocycles. The maximum Gasteiger partial charge on any atom is 0.320 e. The number of unbranched alkanes of at least 4 members (excludes halogenated alkanes) is 8. The van der Waals surface area contributed by atoms with E-state index in [1.54, 1.807) is 6.92 Å². The fraction of sp³-hybridized carbons (Fsp3) is 0.889. The van der Waals surface area contributed by atoms with E-state index in [9.17, 15) is 9.59 Å². The van der Waals surface area contributed by atoms with Gasteiger partial charge in [-0.1, -0.05) is 58.3 Å². The van der Waals surface area contributed by atoms with Crippen molar-refractivity contribution in [3.63, 3.8) is 0 Å². The van der Waals surface area contributed by atoms with Gasteiger partial charge in [0.15, 0.2) is 0 Å². The number of amides is 1. The molecule has 0 spiro atoms. The van der Waals surface area contributed by atoms with E-state index in [4.69, 9.17) is 9.94 Å². The summed E-state index contributed by atoms with van der Waals surface area (Å²) in [5.41, 5.74) is 0. The van der Waals surface area contributed by atoms with Gasteiger partial charge >= 0.3 is 5.97 Å². The van der Waals surface area contributed by atoms with Crippen LogP contribution < -0.4 is 5.32 Å². The second-order valence-corrected chi connectivity index (χ2v) is 6.10. The van der Waals surface area contributed by atoms with Crippen molar-refractivity contribution in [2.24, 2.45) is 0 Å². The molecule has 0 aliphatic carbocycles. The van der Waals surface area contributed by atoms with Crippen LogP contribution in [0.15, 0.2) is 0 Å². The molecule has 2 N–H and O–H groups in total. The van der Waals surface area contributed by atoms with Crippen LogP contribution in [0.25, 0.3) is 0 Å². The van der Waals surface area contributed by atoms with Gasteiger partial charge in [0.05, 0.1) is 6.61 Å². The van der Waals surface area contributed by atoms with E-state index in [1.165, 1.54) is 50.0 Å². The van der Waals surface area contributed by atoms with E-state index in [2.05, 4.69) is 12.2 Å². The second kappa shape index (κ2) is 16.7. The van der Waals surface area contributed by atoms with Gasteiger partial charge in [-0.05, 0) is 13.3 Å². The molecule has 6 heteroatoms. The number of carboxylic acids is 1. The lowest BCUT2D eigenvalue weighted by Gasteiger charge is -2.19. The Kier molecular flexibility index (Phi) is 15.9. The van der Waals surface area contributed by atoms with Crippen molar-refractivity contribution in [3.8, 4) is 0 Å². The number of carboxylic acid groups (broad SMARTS) is 1. The third kappa shape index (κ3) is 15.7. The molecule has 0 bridgehead atoms. The normalized spacial score (nSPS) is 11.0. The zero-order valence-electron chi connectivity index (χ0n) is 15.5. The Hall–Kier alpha value is -1.14. The number of nitrogens with one attached hydrogen (secondary N) is 1. The maximum atomic E-state index is 11.7. The van der Waals surface area contributed by atoms with Crippen LogP contribution in [-0.4, -0.2) is 48.3 Å². The lowest BCUT2D eigenvalue weighted by atomic mass is 10.1. The Balaban J connectivity index is 3.50. The highest BCUT2D eigenvalue weighted by molar-refractivity contribution is 5.75. The molecule has 0 aromatic carbocycles. The lowest BCUT2D eigenvalue weighted by molar-refractivity contribution is -0.173. The van der Waals surface area contributed by atoms with Crippen molar-refractivity contribution >= 4 is 11.9 Å². The zero-order valence-corrected chi connectivity index (χ0v) is 15.5. The average Bonchev–Trinajstić information content (AvgIpc) is 2.53. The molecule has 1 amide bonds. The van der Waals surface area contributed by atoms with Crippen LogP contribution in [-0.2, 0) is 14.4 Å². The predicted octanol–water partition coefficient (Wildman–Crippen LogP) is 3.36. The summed E-state index contributed by atoms with van der Waals surface area (Å²) in [6.45, 7) is 5.05. The Morgan fingerprint density at radius 3 is 2.08 bits per heavy atom. The molecule has 0 aliphatic heterocycles. The lowest BCUT2D eigenvalue weighted by Crippen LogP contribution is -2.37. The van der Waals surface area contributed by atoms with Crippen LogP contribution in [0.4, 0.5) is 0 Å². The number of carbonyl (C=O) groups is 2. The van der Waals surface area contributed by atoms with Gasteiger partial charge in [0.25, 0.3) is 0 Å². The highest BCUT2D eigenvalue weighted by Crippen LogP contribution is 2.10. The largest absolute Gasteiger partial charge is 0.480 e. The summed E-state index contributed by atoms with van der Waals surface area (Å²) >= 11 is 0. The van der Waals surface area contributed by atoms with Gasteiger partial charge in [0.1, 0.15) is 6.54 Å². The van der Waals surface area contributed by atoms with Gasteiger partial charge < -0.3 is 10.4 Å². The molecule has 6 nitrogen and oxygen atoms in total. The van der Waals surface area contributed by atoms with Gasteiger partial charge in [-0.3, -0.25) is 14.4 Å². The molecule has 0 heterocycles. The minimum absolute atomic E-state index is 0.0321. The van der Waals surface area contributed by atoms with Gasteiger partial charge in [0.2, 0.25) is 5.91 Å². The van der Waals surface area contributed by atoms with Crippen LogP contribution in [0.2, 0.25) is 0 Å². The molecule has 0 aliphatic rings. The number of nitrogens with zero attached hydrogens (tertiary/aromatic N) is 1. The minimum atomic E-state index is -0.940. The quantitative estimate of drug-likeness (QED) is 0.312. The van der Waals surface area contributed by atoms with E-state index in [1.807, 2.05) is 0 Å². The molecular weight excluding hydrogens is 308 g/mol. The van der Waals surface area contributed by atoms with Gasteiger partial charge in [-0.25, -0.2) is 0 Å². The molecule has 0 aromatic heterocycles. The first-order valence-electron chi connectivity index (χ1n) is 9.46. The number of hydroxylamine groups is 2. The van der Waals surface area contributed by atoms with Crippen molar-refractivity contribution in [1.29, 1.82) is 0 Å². The summed E-state index contributed by atoms with van der Waals surface area (Å²) in [4.78, 5) is 27.6. The Morgan fingerprint density at radius 2 is 1.54 bits per heavy atom. The van der Waals surface area contributed by atoms with Crippen LogP contribution in [0.1, 0.15) is 78.1 Å². The highest BCUT2D eigenvalue weighted by atomic mass is 16.7. The van der Waals surface area contributed by atoms with Gasteiger partial charge in [0, 0.05) is 19.5 Å². The SMILES string of the molecule is CCCCCCCCCCCC(=O)NCCN(CC(=O)O)OCC. The number of carbonyl (C=O) groups excluding carboxylic acids is 1. The molecule has 0 saturated heterocycles. The summed E-state index contributed by atoms with van der Waals surface area (Å²) < 4.78 is 0. The number of hydrogen-bond donors (Lipinski definition) is 2. The highest BCUT2D eigenvalue weighted by Gasteiger charge is 2.10. The molecule has 142 valence electrons. The standard InChI is InChI=1S/C18H36N2O4/c1-3-5-6-7-8-9-10-11-12-13-17(21)19-14-15-20(24-4-2)16-18(22)23/h3-16H2,1-2H3,(H,19,21)(H,22,23). The first-order chi connectivity index (χ1) is 11.6. The first kappa shape index (κ1) is 22.9. The predicted molar refractivity (Wildman–Crippen MR) is 95.7 cm³/mol. The van der Waals surface area contributed by atoms with Crippen LogP contribution in [0, 0.1) is 0 Å². The average molecular weight is 344 g/mol. The number of aliphatic carboxylic acids is 1. The fourth-order valence-electron chi connectivity index (χ4n) is 2.53. The number of rotatable bonds is 17. The first-order valence-corrected chi connectivity index (χ1v) is 9.46. The van der Waals surface area contributed by atoms with Crippen molar-refractivity contribution in [1.82, 2.24) is 10.4 Å². The molecule has 0 aromatic rings. The van der Waals surface area contributed by atoms with Gasteiger partial charge in [-0.2, -0.15) is 5.06 Å². The van der Waals surface area contributed by atoms with Crippen molar-refractivity contribution in [2.75, 3.05) is 26.2 Å². The smallest absolute Gasteiger partial charge is 0.320 e. The maximum absolute atomic E-state index is 11.7. The van der Waals surface area contributed by atoms with E-state index >= 15 is 0 Å². The third-order valence-electron chi connectivity index (χ3n) is 3.81. The Labute approximate surface area is 146 Å². The molecule has 0 atom stereocenters. The summed E-state index contributed by atoms with van der Waals surface area (Å²) in [5, 5.41) is 12.9. The van der Waals surface area contributed by atoms with Crippen molar-refractivity contribution in [2.45, 2.75) is 78.1 Å². The molecule has 0 unspecified atom stereocenters. The van der Waals surface area contributed by atoms with E-state index < -0.39 is 5.97 Å². The van der Waals surface area contributed by atoms with E-state index in [0.29, 0.717) is 26.1 Å². The molecule has 0 radical (unpaired) electrons. The minimum Gasteiger partial charge on any atom is -0.480 e. The van der Waals surface area contributed by atoms with E-state index in [0.717, 1.165) is 12.8 Å². The molecular formula is C18H36N2O4. The van der Waals surface area contributed by atoms with Crippen LogP contribution in [0.3, 0.4) is 0 Å². The number of hydrogen-bond acceptors (Lipinski definition) is 4. The molecule has 0 fully saturated rings. The molecule has 24 heavy (non-hydrogen) atoms.